The molecule has 0 aromatic heterocycles. The topological polar surface area (TPSA) is 66.4 Å². The van der Waals surface area contributed by atoms with Crippen molar-refractivity contribution in [1.82, 2.24) is 5.32 Å². The maximum Gasteiger partial charge on any atom is 0.330 e. The minimum Gasteiger partial charge on any atom is -0.479 e. The van der Waals surface area contributed by atoms with E-state index in [2.05, 4.69) is 5.32 Å². The minimum atomic E-state index is -1.21. The molecule has 1 saturated carbocycles. The van der Waals surface area contributed by atoms with Crippen molar-refractivity contribution in [1.29, 1.82) is 0 Å². The van der Waals surface area contributed by atoms with E-state index in [1.54, 1.807) is 6.08 Å². The van der Waals surface area contributed by atoms with Crippen LogP contribution in [0.5, 0.6) is 0 Å². The third kappa shape index (κ3) is 2.71. The quantitative estimate of drug-likeness (QED) is 0.832. The van der Waals surface area contributed by atoms with Gasteiger partial charge in [0.25, 0.3) is 0 Å². The van der Waals surface area contributed by atoms with Gasteiger partial charge >= 0.3 is 5.97 Å². The van der Waals surface area contributed by atoms with Gasteiger partial charge in [-0.25, -0.2) is 4.79 Å². The second-order valence-electron chi connectivity index (χ2n) is 6.16. The van der Waals surface area contributed by atoms with Crippen LogP contribution >= 0.6 is 0 Å². The SMILES string of the molecule is CC(=CC(=O)NC1(C(=O)O)Cc2ccccc2C1)C1CC1. The average Bonchev–Trinajstić information content (AvgIpc) is 3.19. The molecule has 0 saturated heterocycles. The summed E-state index contributed by atoms with van der Waals surface area (Å²) in [5.74, 6) is -0.753. The van der Waals surface area contributed by atoms with E-state index in [1.165, 1.54) is 0 Å². The van der Waals surface area contributed by atoms with Crippen LogP contribution in [0.15, 0.2) is 35.9 Å². The summed E-state index contributed by atoms with van der Waals surface area (Å²) in [4.78, 5) is 23.9. The fourth-order valence-corrected chi connectivity index (χ4v) is 3.04. The smallest absolute Gasteiger partial charge is 0.330 e. The van der Waals surface area contributed by atoms with Crippen molar-refractivity contribution in [3.05, 3.63) is 47.0 Å². The van der Waals surface area contributed by atoms with Gasteiger partial charge in [-0.15, -0.1) is 0 Å². The molecule has 0 unspecified atom stereocenters. The molecule has 1 aromatic rings. The zero-order valence-corrected chi connectivity index (χ0v) is 12.1. The number of allylic oxidation sites excluding steroid dienone is 1. The first-order chi connectivity index (χ1) is 10.00. The Labute approximate surface area is 123 Å². The van der Waals surface area contributed by atoms with Crippen LogP contribution in [0, 0.1) is 5.92 Å². The van der Waals surface area contributed by atoms with E-state index in [-0.39, 0.29) is 5.91 Å². The van der Waals surface area contributed by atoms with Gasteiger partial charge in [-0.1, -0.05) is 29.8 Å². The van der Waals surface area contributed by atoms with Gasteiger partial charge in [-0.2, -0.15) is 0 Å². The monoisotopic (exact) mass is 285 g/mol. The standard InChI is InChI=1S/C17H19NO3/c1-11(12-6-7-12)8-15(19)18-17(16(20)21)9-13-4-2-3-5-14(13)10-17/h2-5,8,12H,6-7,9-10H2,1H3,(H,18,19)(H,20,21). The highest BCUT2D eigenvalue weighted by atomic mass is 16.4. The Morgan fingerprint density at radius 3 is 2.29 bits per heavy atom. The number of carbonyl (C=O) groups is 2. The molecule has 2 aliphatic carbocycles. The number of benzene rings is 1. The Balaban J connectivity index is 1.79. The lowest BCUT2D eigenvalue weighted by Crippen LogP contribution is -2.55. The highest BCUT2D eigenvalue weighted by Crippen LogP contribution is 2.36. The zero-order valence-electron chi connectivity index (χ0n) is 12.1. The number of carboxylic acids is 1. The molecule has 1 fully saturated rings. The van der Waals surface area contributed by atoms with Crippen LogP contribution in [0.4, 0.5) is 0 Å². The lowest BCUT2D eigenvalue weighted by Gasteiger charge is -2.24. The molecule has 110 valence electrons. The Morgan fingerprint density at radius 1 is 1.24 bits per heavy atom. The number of aliphatic carboxylic acids is 1. The number of amides is 1. The molecular weight excluding hydrogens is 266 g/mol. The summed E-state index contributed by atoms with van der Waals surface area (Å²) in [7, 11) is 0. The summed E-state index contributed by atoms with van der Waals surface area (Å²) < 4.78 is 0. The Kier molecular flexibility index (Phi) is 3.32. The van der Waals surface area contributed by atoms with Crippen LogP contribution in [0.2, 0.25) is 0 Å². The maximum atomic E-state index is 12.2. The second kappa shape index (κ2) is 5.02. The molecule has 2 N–H and O–H groups in total. The second-order valence-corrected chi connectivity index (χ2v) is 6.16. The third-order valence-electron chi connectivity index (χ3n) is 4.45. The van der Waals surface area contributed by atoms with Crippen LogP contribution in [-0.2, 0) is 22.4 Å². The molecule has 0 heterocycles. The highest BCUT2D eigenvalue weighted by Gasteiger charge is 2.45. The van der Waals surface area contributed by atoms with Gasteiger partial charge in [0.05, 0.1) is 0 Å². The van der Waals surface area contributed by atoms with Crippen LogP contribution in [0.3, 0.4) is 0 Å². The van der Waals surface area contributed by atoms with Crippen LogP contribution in [-0.4, -0.2) is 22.5 Å². The molecule has 2 aliphatic rings. The molecule has 1 aromatic carbocycles. The fraction of sp³-hybridized carbons (Fsp3) is 0.412. The molecule has 0 aliphatic heterocycles. The van der Waals surface area contributed by atoms with E-state index in [1.807, 2.05) is 31.2 Å². The van der Waals surface area contributed by atoms with E-state index < -0.39 is 11.5 Å². The molecule has 0 atom stereocenters. The lowest BCUT2D eigenvalue weighted by atomic mass is 9.95. The van der Waals surface area contributed by atoms with Crippen molar-refractivity contribution in [3.8, 4) is 0 Å². The van der Waals surface area contributed by atoms with E-state index in [0.29, 0.717) is 18.8 Å². The first kappa shape index (κ1) is 13.9. The third-order valence-corrected chi connectivity index (χ3v) is 4.45. The van der Waals surface area contributed by atoms with Crippen LogP contribution < -0.4 is 5.32 Å². The summed E-state index contributed by atoms with van der Waals surface area (Å²) in [6.07, 6.45) is 4.52. The minimum absolute atomic E-state index is 0.297. The normalized spacial score (nSPS) is 20.0. The zero-order chi connectivity index (χ0) is 15.0. The molecule has 4 heteroatoms. The Hall–Kier alpha value is -2.10. The van der Waals surface area contributed by atoms with Crippen LogP contribution in [0.1, 0.15) is 30.9 Å². The van der Waals surface area contributed by atoms with Crippen molar-refractivity contribution in [2.24, 2.45) is 5.92 Å². The van der Waals surface area contributed by atoms with Crippen molar-refractivity contribution in [3.63, 3.8) is 0 Å². The number of fused-ring (bicyclic) bond motifs is 1. The van der Waals surface area contributed by atoms with Crippen molar-refractivity contribution < 1.29 is 14.7 Å². The van der Waals surface area contributed by atoms with Gasteiger partial charge in [-0.05, 0) is 36.8 Å². The molecule has 21 heavy (non-hydrogen) atoms. The van der Waals surface area contributed by atoms with E-state index >= 15 is 0 Å². The van der Waals surface area contributed by atoms with E-state index in [9.17, 15) is 14.7 Å². The largest absolute Gasteiger partial charge is 0.479 e. The number of carbonyl (C=O) groups excluding carboxylic acids is 1. The highest BCUT2D eigenvalue weighted by molar-refractivity contribution is 5.94. The lowest BCUT2D eigenvalue weighted by molar-refractivity contribution is -0.146. The first-order valence-electron chi connectivity index (χ1n) is 7.31. The number of hydrogen-bond acceptors (Lipinski definition) is 2. The summed E-state index contributed by atoms with van der Waals surface area (Å²) in [5.41, 5.74) is 1.84. The van der Waals surface area contributed by atoms with Gasteiger partial charge in [0, 0.05) is 18.9 Å². The van der Waals surface area contributed by atoms with Crippen molar-refractivity contribution >= 4 is 11.9 Å². The average molecular weight is 285 g/mol. The summed E-state index contributed by atoms with van der Waals surface area (Å²) in [5, 5.41) is 12.3. The molecule has 0 bridgehead atoms. The summed E-state index contributed by atoms with van der Waals surface area (Å²) in [6, 6.07) is 7.65. The maximum absolute atomic E-state index is 12.2. The number of rotatable bonds is 4. The molecule has 4 nitrogen and oxygen atoms in total. The number of carboxylic acid groups (broad SMARTS) is 1. The van der Waals surface area contributed by atoms with Gasteiger partial charge < -0.3 is 10.4 Å². The predicted octanol–water partition coefficient (Wildman–Crippen LogP) is 2.08. The molecule has 3 rings (SSSR count). The fourth-order valence-electron chi connectivity index (χ4n) is 3.04. The Morgan fingerprint density at radius 2 is 1.81 bits per heavy atom. The van der Waals surface area contributed by atoms with E-state index in [4.69, 9.17) is 0 Å². The predicted molar refractivity (Wildman–Crippen MR) is 78.8 cm³/mol. The molecule has 0 spiro atoms. The van der Waals surface area contributed by atoms with Gasteiger partial charge in [0.2, 0.25) is 5.91 Å². The number of nitrogens with one attached hydrogen (secondary N) is 1. The van der Waals surface area contributed by atoms with E-state index in [0.717, 1.165) is 29.5 Å². The van der Waals surface area contributed by atoms with Gasteiger partial charge in [0.15, 0.2) is 0 Å². The Bertz CT molecular complexity index is 604. The molecular formula is C17H19NO3. The summed E-state index contributed by atoms with van der Waals surface area (Å²) >= 11 is 0. The van der Waals surface area contributed by atoms with Crippen LogP contribution in [0.25, 0.3) is 0 Å². The first-order valence-corrected chi connectivity index (χ1v) is 7.31. The summed E-state index contributed by atoms with van der Waals surface area (Å²) in [6.45, 7) is 1.94. The van der Waals surface area contributed by atoms with Crippen molar-refractivity contribution in [2.75, 3.05) is 0 Å². The number of hydrogen-bond donors (Lipinski definition) is 2. The van der Waals surface area contributed by atoms with Gasteiger partial charge in [-0.3, -0.25) is 4.79 Å². The van der Waals surface area contributed by atoms with Gasteiger partial charge in [0.1, 0.15) is 5.54 Å². The van der Waals surface area contributed by atoms with Crippen molar-refractivity contribution in [2.45, 2.75) is 38.1 Å². The molecule has 0 radical (unpaired) electrons. The molecule has 1 amide bonds.